The third kappa shape index (κ3) is 7.72. The normalized spacial score (nSPS) is 12.6. The fourth-order valence-electron chi connectivity index (χ4n) is 3.32. The van der Waals surface area contributed by atoms with Gasteiger partial charge < -0.3 is 25.2 Å². The Bertz CT molecular complexity index is 933. The van der Waals surface area contributed by atoms with Gasteiger partial charge in [-0.2, -0.15) is 0 Å². The molecular formula is C26H30N2O4. The predicted molar refractivity (Wildman–Crippen MR) is 124 cm³/mol. The Hall–Kier alpha value is -3.35. The summed E-state index contributed by atoms with van der Waals surface area (Å²) in [5.41, 5.74) is 3.01. The molecule has 0 aliphatic rings. The van der Waals surface area contributed by atoms with Crippen LogP contribution in [0.5, 0.6) is 5.75 Å². The van der Waals surface area contributed by atoms with Gasteiger partial charge in [0.25, 0.3) is 0 Å². The fourth-order valence-corrected chi connectivity index (χ4v) is 3.32. The van der Waals surface area contributed by atoms with Gasteiger partial charge in [0.2, 0.25) is 0 Å². The quantitative estimate of drug-likeness (QED) is 0.429. The summed E-state index contributed by atoms with van der Waals surface area (Å²) in [6.45, 7) is 1.09. The Balaban J connectivity index is 1.54. The minimum atomic E-state index is -0.794. The van der Waals surface area contributed by atoms with Crippen LogP contribution < -0.4 is 15.4 Å². The lowest BCUT2D eigenvalue weighted by atomic mass is 10.0. The van der Waals surface area contributed by atoms with Crippen LogP contribution in [0, 0.1) is 0 Å². The van der Waals surface area contributed by atoms with Crippen molar-refractivity contribution in [3.05, 3.63) is 102 Å². The van der Waals surface area contributed by atoms with E-state index >= 15 is 0 Å². The van der Waals surface area contributed by atoms with E-state index in [1.165, 1.54) is 0 Å². The second-order valence-electron chi connectivity index (χ2n) is 7.55. The van der Waals surface area contributed by atoms with Crippen molar-refractivity contribution >= 4 is 6.09 Å². The van der Waals surface area contributed by atoms with Crippen LogP contribution in [0.25, 0.3) is 0 Å². The number of hydrogen-bond acceptors (Lipinski definition) is 5. The van der Waals surface area contributed by atoms with E-state index in [0.717, 1.165) is 22.4 Å². The largest absolute Gasteiger partial charge is 0.497 e. The number of hydrogen-bond donors (Lipinski definition) is 3. The Morgan fingerprint density at radius 3 is 2.12 bits per heavy atom. The molecule has 6 heteroatoms. The van der Waals surface area contributed by atoms with Crippen LogP contribution in [-0.4, -0.2) is 37.0 Å². The van der Waals surface area contributed by atoms with Crippen molar-refractivity contribution in [3.8, 4) is 5.75 Å². The van der Waals surface area contributed by atoms with Gasteiger partial charge >= 0.3 is 6.09 Å². The van der Waals surface area contributed by atoms with Crippen LogP contribution in [0.4, 0.5) is 4.79 Å². The monoisotopic (exact) mass is 434 g/mol. The molecule has 2 atom stereocenters. The highest BCUT2D eigenvalue weighted by Gasteiger charge is 2.22. The minimum Gasteiger partial charge on any atom is -0.497 e. The summed E-state index contributed by atoms with van der Waals surface area (Å²) in [6, 6.07) is 26.5. The number of rotatable bonds is 11. The van der Waals surface area contributed by atoms with Crippen molar-refractivity contribution in [2.75, 3.05) is 13.7 Å². The first kappa shape index (κ1) is 23.3. The van der Waals surface area contributed by atoms with Crippen molar-refractivity contribution in [1.29, 1.82) is 0 Å². The lowest BCUT2D eigenvalue weighted by molar-refractivity contribution is 0.100. The van der Waals surface area contributed by atoms with Crippen LogP contribution in [0.3, 0.4) is 0 Å². The summed E-state index contributed by atoms with van der Waals surface area (Å²) < 4.78 is 10.5. The van der Waals surface area contributed by atoms with E-state index in [-0.39, 0.29) is 6.61 Å². The number of methoxy groups -OCH3 is 1. The number of ether oxygens (including phenoxy) is 2. The molecule has 0 bridgehead atoms. The zero-order valence-electron chi connectivity index (χ0n) is 18.2. The molecule has 0 aromatic heterocycles. The summed E-state index contributed by atoms with van der Waals surface area (Å²) >= 11 is 0. The van der Waals surface area contributed by atoms with Crippen LogP contribution in [0.2, 0.25) is 0 Å². The van der Waals surface area contributed by atoms with Crippen LogP contribution in [0.1, 0.15) is 16.7 Å². The third-order valence-electron chi connectivity index (χ3n) is 5.12. The van der Waals surface area contributed by atoms with Gasteiger partial charge in [-0.05, 0) is 35.2 Å². The number of nitrogens with one attached hydrogen (secondary N) is 2. The molecule has 0 aliphatic carbocycles. The molecule has 168 valence electrons. The van der Waals surface area contributed by atoms with Crippen molar-refractivity contribution in [1.82, 2.24) is 10.6 Å². The van der Waals surface area contributed by atoms with Crippen molar-refractivity contribution in [2.24, 2.45) is 0 Å². The summed E-state index contributed by atoms with van der Waals surface area (Å²) in [5.74, 6) is 0.801. The van der Waals surface area contributed by atoms with Crippen LogP contribution in [0.15, 0.2) is 84.9 Å². The van der Waals surface area contributed by atoms with Gasteiger partial charge in [0.15, 0.2) is 0 Å². The summed E-state index contributed by atoms with van der Waals surface area (Å²) in [7, 11) is 1.63. The molecule has 0 aliphatic heterocycles. The Morgan fingerprint density at radius 2 is 1.50 bits per heavy atom. The van der Waals surface area contributed by atoms with Gasteiger partial charge in [-0.3, -0.25) is 0 Å². The number of aliphatic hydroxyl groups is 1. The molecule has 0 heterocycles. The highest BCUT2D eigenvalue weighted by atomic mass is 16.5. The van der Waals surface area contributed by atoms with Crippen molar-refractivity contribution in [3.63, 3.8) is 0 Å². The molecule has 1 amide bonds. The maximum absolute atomic E-state index is 12.4. The first-order valence-corrected chi connectivity index (χ1v) is 10.7. The highest BCUT2D eigenvalue weighted by Crippen LogP contribution is 2.11. The maximum atomic E-state index is 12.4. The second kappa shape index (κ2) is 12.5. The summed E-state index contributed by atoms with van der Waals surface area (Å²) in [5, 5.41) is 16.9. The first-order valence-electron chi connectivity index (χ1n) is 10.7. The lowest BCUT2D eigenvalue weighted by Gasteiger charge is -2.24. The van der Waals surface area contributed by atoms with E-state index in [2.05, 4.69) is 10.6 Å². The number of amides is 1. The Kier molecular flexibility index (Phi) is 9.10. The smallest absolute Gasteiger partial charge is 0.407 e. The van der Waals surface area contributed by atoms with Gasteiger partial charge in [0, 0.05) is 13.1 Å². The van der Waals surface area contributed by atoms with E-state index < -0.39 is 18.2 Å². The SMILES string of the molecule is COc1ccc(CNC[C@@H](O)[C@H](Cc2ccccc2)NC(=O)OCc2ccccc2)cc1. The Labute approximate surface area is 189 Å². The number of carbonyl (C=O) groups is 1. The number of alkyl carbamates (subject to hydrolysis) is 1. The number of benzene rings is 3. The molecule has 0 spiro atoms. The highest BCUT2D eigenvalue weighted by molar-refractivity contribution is 5.67. The zero-order chi connectivity index (χ0) is 22.6. The van der Waals surface area contributed by atoms with E-state index in [4.69, 9.17) is 9.47 Å². The Morgan fingerprint density at radius 1 is 0.875 bits per heavy atom. The molecule has 3 aromatic carbocycles. The summed E-state index contributed by atoms with van der Waals surface area (Å²) in [6.07, 6.45) is -0.853. The zero-order valence-corrected chi connectivity index (χ0v) is 18.2. The van der Waals surface area contributed by atoms with E-state index in [1.54, 1.807) is 7.11 Å². The molecular weight excluding hydrogens is 404 g/mol. The summed E-state index contributed by atoms with van der Waals surface area (Å²) in [4.78, 5) is 12.4. The molecule has 3 rings (SSSR count). The average Bonchev–Trinajstić information content (AvgIpc) is 2.84. The lowest BCUT2D eigenvalue weighted by Crippen LogP contribution is -2.48. The molecule has 3 N–H and O–H groups in total. The van der Waals surface area contributed by atoms with Crippen molar-refractivity contribution in [2.45, 2.75) is 31.7 Å². The van der Waals surface area contributed by atoms with Crippen molar-refractivity contribution < 1.29 is 19.4 Å². The van der Waals surface area contributed by atoms with Gasteiger partial charge in [0.05, 0.1) is 19.3 Å². The predicted octanol–water partition coefficient (Wildman–Crippen LogP) is 3.68. The molecule has 0 fully saturated rings. The van der Waals surface area contributed by atoms with Crippen LogP contribution >= 0.6 is 0 Å². The average molecular weight is 435 g/mol. The van der Waals surface area contributed by atoms with Gasteiger partial charge in [-0.15, -0.1) is 0 Å². The molecule has 6 nitrogen and oxygen atoms in total. The third-order valence-corrected chi connectivity index (χ3v) is 5.12. The standard InChI is InChI=1S/C26H30N2O4/c1-31-23-14-12-21(13-15-23)17-27-18-25(29)24(16-20-8-4-2-5-9-20)28-26(30)32-19-22-10-6-3-7-11-22/h2-15,24-25,27,29H,16-19H2,1H3,(H,28,30)/t24-,25+/m0/s1. The van der Waals surface area contributed by atoms with E-state index in [9.17, 15) is 9.90 Å². The molecule has 0 saturated heterocycles. The van der Waals surface area contributed by atoms with E-state index in [1.807, 2.05) is 84.9 Å². The van der Waals surface area contributed by atoms with E-state index in [0.29, 0.717) is 19.5 Å². The molecule has 0 unspecified atom stereocenters. The van der Waals surface area contributed by atoms with Gasteiger partial charge in [-0.25, -0.2) is 4.79 Å². The topological polar surface area (TPSA) is 79.8 Å². The van der Waals surface area contributed by atoms with Gasteiger partial charge in [0.1, 0.15) is 12.4 Å². The molecule has 0 saturated carbocycles. The molecule has 3 aromatic rings. The molecule has 0 radical (unpaired) electrons. The number of aliphatic hydroxyl groups excluding tert-OH is 1. The molecule has 32 heavy (non-hydrogen) atoms. The minimum absolute atomic E-state index is 0.177. The second-order valence-corrected chi connectivity index (χ2v) is 7.55. The fraction of sp³-hybridized carbons (Fsp3) is 0.269. The first-order chi connectivity index (χ1) is 15.6. The van der Waals surface area contributed by atoms with Crippen LogP contribution in [-0.2, 0) is 24.3 Å². The number of carbonyl (C=O) groups excluding carboxylic acids is 1. The van der Waals surface area contributed by atoms with Gasteiger partial charge in [-0.1, -0.05) is 72.8 Å². The maximum Gasteiger partial charge on any atom is 0.407 e.